The number of hydrogen-bond acceptors (Lipinski definition) is 3. The molecule has 1 amide bonds. The molecule has 1 N–H and O–H groups in total. The molecule has 0 spiro atoms. The van der Waals surface area contributed by atoms with Crippen molar-refractivity contribution in [1.29, 1.82) is 0 Å². The van der Waals surface area contributed by atoms with Crippen molar-refractivity contribution in [3.8, 4) is 5.75 Å². The number of halogens is 2. The molecule has 0 saturated carbocycles. The molecule has 0 aromatic heterocycles. The smallest absolute Gasteiger partial charge is 0.280 e. The van der Waals surface area contributed by atoms with Gasteiger partial charge in [0.1, 0.15) is 5.75 Å². The minimum Gasteiger partial charge on any atom is -0.479 e. The topological polar surface area (TPSA) is 50.7 Å². The number of carbonyl (C=O) groups is 1. The third-order valence-electron chi connectivity index (χ3n) is 3.46. The SMILES string of the molecule is CCC/C(=N\NC(=O)C(C)Oc1ccc(Cl)cc1Cl)c1ccccc1. The Balaban J connectivity index is 2.03. The van der Waals surface area contributed by atoms with E-state index in [4.69, 9.17) is 27.9 Å². The number of ether oxygens (including phenoxy) is 1. The number of amides is 1. The second kappa shape index (κ2) is 9.44. The molecule has 0 aliphatic heterocycles. The van der Waals surface area contributed by atoms with Crippen LogP contribution in [0.1, 0.15) is 32.3 Å². The zero-order chi connectivity index (χ0) is 18.2. The minimum atomic E-state index is -0.749. The number of carbonyl (C=O) groups excluding carboxylic acids is 1. The number of hydrazone groups is 1. The molecule has 0 fully saturated rings. The average Bonchev–Trinajstić information content (AvgIpc) is 2.61. The summed E-state index contributed by atoms with van der Waals surface area (Å²) in [7, 11) is 0. The van der Waals surface area contributed by atoms with Gasteiger partial charge in [0.15, 0.2) is 6.10 Å². The van der Waals surface area contributed by atoms with Gasteiger partial charge in [0.2, 0.25) is 0 Å². The Hall–Kier alpha value is -2.04. The summed E-state index contributed by atoms with van der Waals surface area (Å²) in [5, 5.41) is 5.12. The van der Waals surface area contributed by atoms with Gasteiger partial charge in [0.05, 0.1) is 10.7 Å². The third kappa shape index (κ3) is 5.76. The molecule has 2 rings (SSSR count). The minimum absolute atomic E-state index is 0.351. The fourth-order valence-corrected chi connectivity index (χ4v) is 2.61. The number of hydrogen-bond donors (Lipinski definition) is 1. The second-order valence-electron chi connectivity index (χ2n) is 5.49. The summed E-state index contributed by atoms with van der Waals surface area (Å²) in [6, 6.07) is 14.6. The van der Waals surface area contributed by atoms with E-state index in [9.17, 15) is 4.79 Å². The number of benzene rings is 2. The lowest BCUT2D eigenvalue weighted by molar-refractivity contribution is -0.127. The van der Waals surface area contributed by atoms with Crippen molar-refractivity contribution in [1.82, 2.24) is 5.43 Å². The second-order valence-corrected chi connectivity index (χ2v) is 6.33. The van der Waals surface area contributed by atoms with Gasteiger partial charge >= 0.3 is 0 Å². The van der Waals surface area contributed by atoms with Crippen molar-refractivity contribution in [2.75, 3.05) is 0 Å². The maximum absolute atomic E-state index is 12.3. The summed E-state index contributed by atoms with van der Waals surface area (Å²) in [4.78, 5) is 12.3. The highest BCUT2D eigenvalue weighted by molar-refractivity contribution is 6.35. The van der Waals surface area contributed by atoms with Crippen LogP contribution in [0.5, 0.6) is 5.75 Å². The van der Waals surface area contributed by atoms with Crippen LogP contribution >= 0.6 is 23.2 Å². The van der Waals surface area contributed by atoms with E-state index in [1.54, 1.807) is 25.1 Å². The highest BCUT2D eigenvalue weighted by Crippen LogP contribution is 2.28. The average molecular weight is 379 g/mol. The lowest BCUT2D eigenvalue weighted by Crippen LogP contribution is -2.34. The van der Waals surface area contributed by atoms with E-state index in [0.717, 1.165) is 24.1 Å². The molecule has 4 nitrogen and oxygen atoms in total. The normalized spacial score (nSPS) is 12.6. The summed E-state index contributed by atoms with van der Waals surface area (Å²) in [6.07, 6.45) is 0.944. The van der Waals surface area contributed by atoms with Crippen molar-refractivity contribution < 1.29 is 9.53 Å². The Morgan fingerprint density at radius 1 is 1.20 bits per heavy atom. The van der Waals surface area contributed by atoms with Crippen molar-refractivity contribution in [2.45, 2.75) is 32.8 Å². The molecule has 6 heteroatoms. The van der Waals surface area contributed by atoms with Crippen LogP contribution in [0.2, 0.25) is 10.0 Å². The largest absolute Gasteiger partial charge is 0.479 e. The van der Waals surface area contributed by atoms with E-state index in [-0.39, 0.29) is 5.91 Å². The maximum Gasteiger partial charge on any atom is 0.280 e. The molecule has 132 valence electrons. The van der Waals surface area contributed by atoms with Crippen LogP contribution in [0.4, 0.5) is 0 Å². The van der Waals surface area contributed by atoms with Crippen molar-refractivity contribution in [3.05, 3.63) is 64.1 Å². The molecule has 0 bridgehead atoms. The third-order valence-corrected chi connectivity index (χ3v) is 3.99. The molecule has 2 aromatic carbocycles. The summed E-state index contributed by atoms with van der Waals surface area (Å²) in [5.41, 5.74) is 4.38. The summed E-state index contributed by atoms with van der Waals surface area (Å²) in [6.45, 7) is 3.70. The van der Waals surface area contributed by atoms with Crippen molar-refractivity contribution in [3.63, 3.8) is 0 Å². The van der Waals surface area contributed by atoms with Gasteiger partial charge in [-0.2, -0.15) is 5.10 Å². The van der Waals surface area contributed by atoms with Gasteiger partial charge in [-0.15, -0.1) is 0 Å². The van der Waals surface area contributed by atoms with E-state index in [2.05, 4.69) is 17.5 Å². The Kier molecular flexibility index (Phi) is 7.29. The molecule has 0 saturated heterocycles. The monoisotopic (exact) mass is 378 g/mol. The molecule has 0 heterocycles. The molecule has 1 atom stereocenters. The summed E-state index contributed by atoms with van der Waals surface area (Å²) >= 11 is 11.9. The lowest BCUT2D eigenvalue weighted by atomic mass is 10.1. The molecular formula is C19H20Cl2N2O2. The van der Waals surface area contributed by atoms with E-state index in [1.807, 2.05) is 30.3 Å². The fraction of sp³-hybridized carbons (Fsp3) is 0.263. The van der Waals surface area contributed by atoms with Gasteiger partial charge in [-0.25, -0.2) is 5.43 Å². The zero-order valence-corrected chi connectivity index (χ0v) is 15.6. The van der Waals surface area contributed by atoms with Gasteiger partial charge < -0.3 is 4.74 Å². The first kappa shape index (κ1) is 19.3. The van der Waals surface area contributed by atoms with Crippen LogP contribution in [0, 0.1) is 0 Å². The Bertz CT molecular complexity index is 748. The molecule has 1 unspecified atom stereocenters. The summed E-state index contributed by atoms with van der Waals surface area (Å²) in [5.74, 6) is 0.0464. The number of rotatable bonds is 7. The standard InChI is InChI=1S/C19H20Cl2N2O2/c1-3-7-17(14-8-5-4-6-9-14)22-23-19(24)13(2)25-18-11-10-15(20)12-16(18)21/h4-6,8-13H,3,7H2,1-2H3,(H,23,24)/b22-17+. The van der Waals surface area contributed by atoms with E-state index in [1.165, 1.54) is 0 Å². The van der Waals surface area contributed by atoms with Gasteiger partial charge in [0.25, 0.3) is 5.91 Å². The number of nitrogens with zero attached hydrogens (tertiary/aromatic N) is 1. The van der Waals surface area contributed by atoms with Gasteiger partial charge in [0, 0.05) is 5.02 Å². The fourth-order valence-electron chi connectivity index (χ4n) is 2.16. The Morgan fingerprint density at radius 2 is 1.92 bits per heavy atom. The van der Waals surface area contributed by atoms with Gasteiger partial charge in [-0.3, -0.25) is 4.79 Å². The van der Waals surface area contributed by atoms with Crippen LogP contribution in [-0.4, -0.2) is 17.7 Å². The van der Waals surface area contributed by atoms with Crippen molar-refractivity contribution in [2.24, 2.45) is 5.10 Å². The quantitative estimate of drug-likeness (QED) is 0.539. The van der Waals surface area contributed by atoms with E-state index < -0.39 is 6.10 Å². The highest BCUT2D eigenvalue weighted by atomic mass is 35.5. The Labute approximate surface area is 157 Å². The predicted octanol–water partition coefficient (Wildman–Crippen LogP) is 5.08. The van der Waals surface area contributed by atoms with Crippen LogP contribution < -0.4 is 10.2 Å². The first-order chi connectivity index (χ1) is 12.0. The van der Waals surface area contributed by atoms with Gasteiger partial charge in [-0.05, 0) is 37.1 Å². The van der Waals surface area contributed by atoms with Crippen molar-refractivity contribution >= 4 is 34.8 Å². The highest BCUT2D eigenvalue weighted by Gasteiger charge is 2.16. The van der Waals surface area contributed by atoms with E-state index >= 15 is 0 Å². The van der Waals surface area contributed by atoms with Crippen LogP contribution in [0.15, 0.2) is 53.6 Å². The maximum atomic E-state index is 12.3. The Morgan fingerprint density at radius 3 is 2.56 bits per heavy atom. The molecule has 0 aliphatic rings. The molecular weight excluding hydrogens is 359 g/mol. The first-order valence-electron chi connectivity index (χ1n) is 8.04. The van der Waals surface area contributed by atoms with Gasteiger partial charge in [-0.1, -0.05) is 66.9 Å². The molecule has 0 aliphatic carbocycles. The van der Waals surface area contributed by atoms with E-state index in [0.29, 0.717) is 15.8 Å². The van der Waals surface area contributed by atoms with Crippen LogP contribution in [0.3, 0.4) is 0 Å². The first-order valence-corrected chi connectivity index (χ1v) is 8.80. The zero-order valence-electron chi connectivity index (χ0n) is 14.1. The molecule has 0 radical (unpaired) electrons. The molecule has 2 aromatic rings. The molecule has 25 heavy (non-hydrogen) atoms. The lowest BCUT2D eigenvalue weighted by Gasteiger charge is -2.15. The predicted molar refractivity (Wildman–Crippen MR) is 103 cm³/mol. The summed E-state index contributed by atoms with van der Waals surface area (Å²) < 4.78 is 5.59. The van der Waals surface area contributed by atoms with Crippen LogP contribution in [-0.2, 0) is 4.79 Å². The van der Waals surface area contributed by atoms with Crippen LogP contribution in [0.25, 0.3) is 0 Å². The number of nitrogens with one attached hydrogen (secondary N) is 1.